The Morgan fingerprint density at radius 1 is 1.52 bits per heavy atom. The molecule has 1 rings (SSSR count). The molecule has 0 saturated heterocycles. The predicted octanol–water partition coefficient (Wildman–Crippen LogP) is 2.26. The van der Waals surface area contributed by atoms with Crippen LogP contribution in [0.15, 0.2) is 18.2 Å². The molecule has 0 aliphatic carbocycles. The third-order valence-corrected chi connectivity index (χ3v) is 2.98. The number of carbonyl (C=O) groups is 1. The number of rotatable bonds is 6. The van der Waals surface area contributed by atoms with Crippen LogP contribution in [-0.2, 0) is 0 Å². The quantitative estimate of drug-likeness (QED) is 0.622. The van der Waals surface area contributed by atoms with E-state index in [1.54, 1.807) is 6.92 Å². The molecular weight excluding hydrogens is 279 g/mol. The van der Waals surface area contributed by atoms with E-state index in [1.165, 1.54) is 0 Å². The van der Waals surface area contributed by atoms with Gasteiger partial charge in [0.15, 0.2) is 0 Å². The third-order valence-electron chi connectivity index (χ3n) is 2.98. The molecule has 7 heteroatoms. The molecule has 0 heterocycles. The minimum Gasteiger partial charge on any atom is -0.393 e. The molecule has 0 spiro atoms. The van der Waals surface area contributed by atoms with E-state index in [4.69, 9.17) is 0 Å². The molecule has 1 amide bonds. The zero-order valence-corrected chi connectivity index (χ0v) is 12.2. The number of nitrogens with one attached hydrogen (secondary N) is 1. The van der Waals surface area contributed by atoms with Gasteiger partial charge in [0.25, 0.3) is 11.6 Å². The van der Waals surface area contributed by atoms with Crippen LogP contribution in [0.2, 0.25) is 0 Å². The number of nitro groups is 1. The van der Waals surface area contributed by atoms with Gasteiger partial charge in [-0.25, -0.2) is 4.39 Å². The SMILES string of the molecule is CC(O)CC(C)(C)CNC(=O)c1cc(F)ccc1[N+](=O)[O-]. The van der Waals surface area contributed by atoms with Gasteiger partial charge in [-0.3, -0.25) is 14.9 Å². The third kappa shape index (κ3) is 5.11. The molecule has 116 valence electrons. The summed E-state index contributed by atoms with van der Waals surface area (Å²) < 4.78 is 13.2. The topological polar surface area (TPSA) is 92.5 Å². The fourth-order valence-electron chi connectivity index (χ4n) is 2.14. The van der Waals surface area contributed by atoms with Gasteiger partial charge in [-0.2, -0.15) is 0 Å². The molecule has 6 nitrogen and oxygen atoms in total. The number of nitro benzene ring substituents is 1. The van der Waals surface area contributed by atoms with Gasteiger partial charge in [0.1, 0.15) is 11.4 Å². The Morgan fingerprint density at radius 2 is 2.14 bits per heavy atom. The summed E-state index contributed by atoms with van der Waals surface area (Å²) in [6, 6.07) is 2.74. The van der Waals surface area contributed by atoms with E-state index in [0.29, 0.717) is 6.42 Å². The first-order valence-corrected chi connectivity index (χ1v) is 6.52. The van der Waals surface area contributed by atoms with E-state index in [0.717, 1.165) is 18.2 Å². The van der Waals surface area contributed by atoms with E-state index >= 15 is 0 Å². The van der Waals surface area contributed by atoms with Crippen molar-refractivity contribution in [1.82, 2.24) is 5.32 Å². The number of hydrogen-bond donors (Lipinski definition) is 2. The molecule has 21 heavy (non-hydrogen) atoms. The van der Waals surface area contributed by atoms with E-state index < -0.39 is 28.4 Å². The van der Waals surface area contributed by atoms with Crippen LogP contribution in [0.3, 0.4) is 0 Å². The fraction of sp³-hybridized carbons (Fsp3) is 0.500. The van der Waals surface area contributed by atoms with Gasteiger partial charge in [0.05, 0.1) is 11.0 Å². The summed E-state index contributed by atoms with van der Waals surface area (Å²) in [5.74, 6) is -1.42. The highest BCUT2D eigenvalue weighted by Crippen LogP contribution is 2.23. The minimum absolute atomic E-state index is 0.213. The highest BCUT2D eigenvalue weighted by atomic mass is 19.1. The summed E-state index contributed by atoms with van der Waals surface area (Å²) >= 11 is 0. The van der Waals surface area contributed by atoms with Gasteiger partial charge in [0.2, 0.25) is 0 Å². The molecule has 0 aliphatic heterocycles. The molecule has 2 N–H and O–H groups in total. The number of aliphatic hydroxyl groups excluding tert-OH is 1. The van der Waals surface area contributed by atoms with Crippen molar-refractivity contribution >= 4 is 11.6 Å². The van der Waals surface area contributed by atoms with Crippen molar-refractivity contribution < 1.29 is 19.2 Å². The molecule has 0 aliphatic rings. The van der Waals surface area contributed by atoms with Crippen molar-refractivity contribution in [2.45, 2.75) is 33.3 Å². The van der Waals surface area contributed by atoms with E-state index in [1.807, 2.05) is 13.8 Å². The van der Waals surface area contributed by atoms with Gasteiger partial charge >= 0.3 is 0 Å². The Hall–Kier alpha value is -2.02. The van der Waals surface area contributed by atoms with Crippen molar-refractivity contribution in [3.05, 3.63) is 39.7 Å². The summed E-state index contributed by atoms with van der Waals surface area (Å²) in [6.07, 6.45) is -0.0705. The van der Waals surface area contributed by atoms with Crippen LogP contribution in [0.4, 0.5) is 10.1 Å². The summed E-state index contributed by atoms with van der Waals surface area (Å²) in [4.78, 5) is 22.1. The molecule has 0 aromatic heterocycles. The van der Waals surface area contributed by atoms with Crippen molar-refractivity contribution in [3.8, 4) is 0 Å². The van der Waals surface area contributed by atoms with Gasteiger partial charge in [-0.1, -0.05) is 13.8 Å². The lowest BCUT2D eigenvalue weighted by Gasteiger charge is -2.26. The minimum atomic E-state index is -0.727. The number of aliphatic hydroxyl groups is 1. The predicted molar refractivity (Wildman–Crippen MR) is 75.5 cm³/mol. The Balaban J connectivity index is 2.85. The highest BCUT2D eigenvalue weighted by Gasteiger charge is 2.25. The van der Waals surface area contributed by atoms with E-state index in [2.05, 4.69) is 5.32 Å². The van der Waals surface area contributed by atoms with Gasteiger partial charge in [0, 0.05) is 12.6 Å². The van der Waals surface area contributed by atoms with Crippen molar-refractivity contribution in [1.29, 1.82) is 0 Å². The van der Waals surface area contributed by atoms with Crippen molar-refractivity contribution in [2.75, 3.05) is 6.54 Å². The van der Waals surface area contributed by atoms with Crippen LogP contribution >= 0.6 is 0 Å². The van der Waals surface area contributed by atoms with E-state index in [-0.39, 0.29) is 17.5 Å². The Kier molecular flexibility index (Phi) is 5.37. The normalized spacial score (nSPS) is 12.8. The molecule has 1 aromatic carbocycles. The smallest absolute Gasteiger partial charge is 0.282 e. The second-order valence-corrected chi connectivity index (χ2v) is 5.82. The molecule has 0 fully saturated rings. The number of nitrogens with zero attached hydrogens (tertiary/aromatic N) is 1. The maximum absolute atomic E-state index is 13.2. The largest absolute Gasteiger partial charge is 0.393 e. The zero-order chi connectivity index (χ0) is 16.2. The van der Waals surface area contributed by atoms with Crippen LogP contribution in [0, 0.1) is 21.3 Å². The lowest BCUT2D eigenvalue weighted by Crippen LogP contribution is -2.36. The first kappa shape index (κ1) is 17.0. The maximum Gasteiger partial charge on any atom is 0.282 e. The summed E-state index contributed by atoms with van der Waals surface area (Å²) in [6.45, 7) is 5.55. The maximum atomic E-state index is 13.2. The van der Waals surface area contributed by atoms with Gasteiger partial charge < -0.3 is 10.4 Å². The molecule has 0 radical (unpaired) electrons. The monoisotopic (exact) mass is 298 g/mol. The number of amides is 1. The van der Waals surface area contributed by atoms with Crippen LogP contribution < -0.4 is 5.32 Å². The highest BCUT2D eigenvalue weighted by molar-refractivity contribution is 5.98. The van der Waals surface area contributed by atoms with Crippen LogP contribution in [0.1, 0.15) is 37.6 Å². The molecule has 0 bridgehead atoms. The first-order valence-electron chi connectivity index (χ1n) is 6.52. The second kappa shape index (κ2) is 6.62. The summed E-state index contributed by atoms with van der Waals surface area (Å²) in [7, 11) is 0. The van der Waals surface area contributed by atoms with Gasteiger partial charge in [-0.05, 0) is 30.9 Å². The summed E-state index contributed by atoms with van der Waals surface area (Å²) in [5, 5.41) is 22.8. The number of halogens is 1. The standard InChI is InChI=1S/C14H19FN2O4/c1-9(18)7-14(2,3)8-16-13(19)11-6-10(15)4-5-12(11)17(20)21/h4-6,9,18H,7-8H2,1-3H3,(H,16,19). The Morgan fingerprint density at radius 3 is 2.67 bits per heavy atom. The molecule has 0 saturated carbocycles. The Labute approximate surface area is 122 Å². The Bertz CT molecular complexity index is 544. The molecule has 1 atom stereocenters. The molecule has 1 aromatic rings. The van der Waals surface area contributed by atoms with E-state index in [9.17, 15) is 24.4 Å². The lowest BCUT2D eigenvalue weighted by molar-refractivity contribution is -0.385. The number of benzene rings is 1. The lowest BCUT2D eigenvalue weighted by atomic mass is 9.87. The average Bonchev–Trinajstić information content (AvgIpc) is 2.34. The number of hydrogen-bond acceptors (Lipinski definition) is 4. The first-order chi connectivity index (χ1) is 9.62. The second-order valence-electron chi connectivity index (χ2n) is 5.82. The van der Waals surface area contributed by atoms with Gasteiger partial charge in [-0.15, -0.1) is 0 Å². The molecule has 1 unspecified atom stereocenters. The average molecular weight is 298 g/mol. The van der Waals surface area contributed by atoms with Crippen LogP contribution in [0.5, 0.6) is 0 Å². The fourth-order valence-corrected chi connectivity index (χ4v) is 2.14. The zero-order valence-electron chi connectivity index (χ0n) is 12.2. The van der Waals surface area contributed by atoms with Crippen LogP contribution in [-0.4, -0.2) is 28.6 Å². The summed E-state index contributed by atoms with van der Waals surface area (Å²) in [5.41, 5.74) is -1.14. The van der Waals surface area contributed by atoms with Crippen molar-refractivity contribution in [2.24, 2.45) is 5.41 Å². The van der Waals surface area contributed by atoms with Crippen LogP contribution in [0.25, 0.3) is 0 Å². The molecular formula is C14H19FN2O4. The van der Waals surface area contributed by atoms with Crippen molar-refractivity contribution in [3.63, 3.8) is 0 Å². The number of carbonyl (C=O) groups excluding carboxylic acids is 1.